The predicted molar refractivity (Wildman–Crippen MR) is 61.6 cm³/mol. The molecule has 0 bridgehead atoms. The molecule has 18 heavy (non-hydrogen) atoms. The van der Waals surface area contributed by atoms with Crippen molar-refractivity contribution in [2.45, 2.75) is 6.92 Å². The number of aromatic nitrogens is 2. The van der Waals surface area contributed by atoms with E-state index in [2.05, 4.69) is 15.5 Å². The summed E-state index contributed by atoms with van der Waals surface area (Å²) in [6.07, 6.45) is 0. The first kappa shape index (κ1) is 11.9. The van der Waals surface area contributed by atoms with E-state index in [4.69, 9.17) is 9.15 Å². The van der Waals surface area contributed by atoms with Crippen molar-refractivity contribution in [3.8, 4) is 11.5 Å². The lowest BCUT2D eigenvalue weighted by molar-refractivity contribution is 0.102. The molecule has 0 radical (unpaired) electrons. The second-order valence-electron chi connectivity index (χ2n) is 3.46. The van der Waals surface area contributed by atoms with Crippen LogP contribution in [0.25, 0.3) is 0 Å². The fourth-order valence-electron chi connectivity index (χ4n) is 1.34. The first-order valence-corrected chi connectivity index (χ1v) is 5.08. The fourth-order valence-corrected chi connectivity index (χ4v) is 1.34. The average molecular weight is 249 g/mol. The van der Waals surface area contributed by atoms with Gasteiger partial charge in [-0.25, -0.2) is 0 Å². The molecule has 0 atom stereocenters. The Balaban J connectivity index is 2.18. The van der Waals surface area contributed by atoms with E-state index in [1.807, 2.05) is 0 Å². The maximum atomic E-state index is 11.8. The van der Waals surface area contributed by atoms with Crippen LogP contribution >= 0.6 is 0 Å². The fraction of sp³-hybridized carbons (Fsp3) is 0.182. The largest absolute Gasteiger partial charge is 0.507 e. The minimum atomic E-state index is -0.543. The predicted octanol–water partition coefficient (Wildman–Crippen LogP) is 1.34. The zero-order valence-corrected chi connectivity index (χ0v) is 9.80. The van der Waals surface area contributed by atoms with Crippen LogP contribution in [0.5, 0.6) is 11.5 Å². The van der Waals surface area contributed by atoms with E-state index >= 15 is 0 Å². The third-order valence-corrected chi connectivity index (χ3v) is 2.20. The molecule has 1 aromatic carbocycles. The Morgan fingerprint density at radius 3 is 2.78 bits per heavy atom. The zero-order chi connectivity index (χ0) is 13.1. The monoisotopic (exact) mass is 249 g/mol. The van der Waals surface area contributed by atoms with Crippen molar-refractivity contribution in [1.82, 2.24) is 10.2 Å². The number of hydrogen-bond acceptors (Lipinski definition) is 6. The zero-order valence-electron chi connectivity index (χ0n) is 9.80. The Kier molecular flexibility index (Phi) is 3.13. The molecule has 0 aliphatic heterocycles. The quantitative estimate of drug-likeness (QED) is 0.851. The van der Waals surface area contributed by atoms with E-state index in [-0.39, 0.29) is 17.3 Å². The number of ether oxygens (including phenoxy) is 1. The lowest BCUT2D eigenvalue weighted by Gasteiger charge is -2.05. The highest BCUT2D eigenvalue weighted by atomic mass is 16.5. The van der Waals surface area contributed by atoms with Gasteiger partial charge in [-0.3, -0.25) is 10.1 Å². The van der Waals surface area contributed by atoms with Crippen molar-refractivity contribution < 1.29 is 19.1 Å². The molecule has 7 heteroatoms. The highest BCUT2D eigenvalue weighted by Gasteiger charge is 2.14. The van der Waals surface area contributed by atoms with Crippen LogP contribution < -0.4 is 10.1 Å². The van der Waals surface area contributed by atoms with Crippen LogP contribution in [0, 0.1) is 6.92 Å². The summed E-state index contributed by atoms with van der Waals surface area (Å²) in [6, 6.07) is 4.32. The summed E-state index contributed by atoms with van der Waals surface area (Å²) in [4.78, 5) is 11.8. The first-order chi connectivity index (χ1) is 8.60. The molecule has 0 aliphatic carbocycles. The van der Waals surface area contributed by atoms with Crippen molar-refractivity contribution >= 4 is 11.9 Å². The third-order valence-electron chi connectivity index (χ3n) is 2.20. The van der Waals surface area contributed by atoms with Gasteiger partial charge in [-0.05, 0) is 12.1 Å². The maximum Gasteiger partial charge on any atom is 0.322 e. The number of aryl methyl sites for hydroxylation is 1. The number of methoxy groups -OCH3 is 1. The van der Waals surface area contributed by atoms with Gasteiger partial charge >= 0.3 is 6.01 Å². The highest BCUT2D eigenvalue weighted by molar-refractivity contribution is 6.05. The molecule has 0 aliphatic rings. The summed E-state index contributed by atoms with van der Waals surface area (Å²) in [5.41, 5.74) is 0.0895. The molecule has 1 aromatic heterocycles. The molecule has 0 saturated heterocycles. The molecular weight excluding hydrogens is 238 g/mol. The number of carbonyl (C=O) groups excluding carboxylic acids is 1. The summed E-state index contributed by atoms with van der Waals surface area (Å²) in [6.45, 7) is 1.60. The van der Waals surface area contributed by atoms with Crippen LogP contribution in [-0.4, -0.2) is 28.3 Å². The number of amides is 1. The Hall–Kier alpha value is -2.57. The van der Waals surface area contributed by atoms with Crippen molar-refractivity contribution in [3.63, 3.8) is 0 Å². The number of benzene rings is 1. The number of phenolic OH excluding ortho intramolecular Hbond substituents is 1. The van der Waals surface area contributed by atoms with Crippen LogP contribution in [0.2, 0.25) is 0 Å². The molecule has 7 nitrogen and oxygen atoms in total. The second-order valence-corrected chi connectivity index (χ2v) is 3.46. The van der Waals surface area contributed by atoms with Gasteiger partial charge in [0.05, 0.1) is 12.7 Å². The van der Waals surface area contributed by atoms with Gasteiger partial charge in [-0.1, -0.05) is 5.10 Å². The molecule has 2 N–H and O–H groups in total. The Labute approximate surface area is 102 Å². The topological polar surface area (TPSA) is 97.5 Å². The van der Waals surface area contributed by atoms with Crippen LogP contribution in [0.3, 0.4) is 0 Å². The number of rotatable bonds is 3. The number of hydrogen-bond donors (Lipinski definition) is 2. The van der Waals surface area contributed by atoms with Gasteiger partial charge in [0.2, 0.25) is 5.89 Å². The number of aromatic hydroxyl groups is 1. The minimum absolute atomic E-state index is 0.0206. The molecule has 2 rings (SSSR count). The van der Waals surface area contributed by atoms with Crippen LogP contribution in [0.15, 0.2) is 22.6 Å². The summed E-state index contributed by atoms with van der Waals surface area (Å²) in [5, 5.41) is 19.2. The molecule has 0 saturated carbocycles. The summed E-state index contributed by atoms with van der Waals surface area (Å²) >= 11 is 0. The first-order valence-electron chi connectivity index (χ1n) is 5.08. The molecule has 1 heterocycles. The number of nitrogens with one attached hydrogen (secondary N) is 1. The number of phenols is 1. The third kappa shape index (κ3) is 2.40. The molecule has 0 fully saturated rings. The van der Waals surface area contributed by atoms with E-state index in [1.54, 1.807) is 13.0 Å². The van der Waals surface area contributed by atoms with Crippen molar-refractivity contribution in [2.24, 2.45) is 0 Å². The molecule has 94 valence electrons. The Morgan fingerprint density at radius 2 is 2.22 bits per heavy atom. The average Bonchev–Trinajstić information content (AvgIpc) is 2.74. The van der Waals surface area contributed by atoms with E-state index < -0.39 is 5.91 Å². The van der Waals surface area contributed by atoms with Gasteiger partial charge in [-0.15, -0.1) is 5.10 Å². The normalized spacial score (nSPS) is 10.1. The van der Waals surface area contributed by atoms with Crippen molar-refractivity contribution in [2.75, 3.05) is 12.4 Å². The van der Waals surface area contributed by atoms with E-state index in [1.165, 1.54) is 19.2 Å². The molecule has 0 unspecified atom stereocenters. The SMILES string of the molecule is COc1ccc(C(=O)Nc2nnc(C)o2)c(O)c1. The van der Waals surface area contributed by atoms with Crippen LogP contribution in [0.1, 0.15) is 16.2 Å². The van der Waals surface area contributed by atoms with Gasteiger partial charge < -0.3 is 14.3 Å². The van der Waals surface area contributed by atoms with E-state index in [9.17, 15) is 9.90 Å². The van der Waals surface area contributed by atoms with Gasteiger partial charge in [0, 0.05) is 13.0 Å². The van der Waals surface area contributed by atoms with Crippen molar-refractivity contribution in [1.29, 1.82) is 0 Å². The molecular formula is C11H11N3O4. The lowest BCUT2D eigenvalue weighted by atomic mass is 10.2. The molecule has 1 amide bonds. The summed E-state index contributed by atoms with van der Waals surface area (Å²) in [5.74, 6) is 0.0591. The number of anilines is 1. The standard InChI is InChI=1S/C11H11N3O4/c1-6-13-14-11(18-6)12-10(16)8-4-3-7(17-2)5-9(8)15/h3-5,15H,1-2H3,(H,12,14,16). The lowest BCUT2D eigenvalue weighted by Crippen LogP contribution is -2.12. The highest BCUT2D eigenvalue weighted by Crippen LogP contribution is 2.24. The van der Waals surface area contributed by atoms with E-state index in [0.29, 0.717) is 11.6 Å². The summed E-state index contributed by atoms with van der Waals surface area (Å²) in [7, 11) is 1.47. The van der Waals surface area contributed by atoms with Gasteiger partial charge in [0.25, 0.3) is 5.91 Å². The second kappa shape index (κ2) is 4.74. The van der Waals surface area contributed by atoms with Gasteiger partial charge in [0.15, 0.2) is 0 Å². The number of carbonyl (C=O) groups is 1. The summed E-state index contributed by atoms with van der Waals surface area (Å²) < 4.78 is 9.92. The van der Waals surface area contributed by atoms with Gasteiger partial charge in [-0.2, -0.15) is 0 Å². The Bertz CT molecular complexity index is 579. The number of nitrogens with zero attached hydrogens (tertiary/aromatic N) is 2. The molecule has 2 aromatic rings. The maximum absolute atomic E-state index is 11.8. The van der Waals surface area contributed by atoms with Crippen LogP contribution in [-0.2, 0) is 0 Å². The van der Waals surface area contributed by atoms with Gasteiger partial charge in [0.1, 0.15) is 11.5 Å². The Morgan fingerprint density at radius 1 is 1.44 bits per heavy atom. The molecule has 0 spiro atoms. The van der Waals surface area contributed by atoms with E-state index in [0.717, 1.165) is 0 Å². The van der Waals surface area contributed by atoms with Crippen LogP contribution in [0.4, 0.5) is 6.01 Å². The minimum Gasteiger partial charge on any atom is -0.507 e. The smallest absolute Gasteiger partial charge is 0.322 e. The van der Waals surface area contributed by atoms with Crippen molar-refractivity contribution in [3.05, 3.63) is 29.7 Å².